The van der Waals surface area contributed by atoms with Crippen LogP contribution in [0.15, 0.2) is 48.6 Å². The van der Waals surface area contributed by atoms with E-state index in [1.165, 1.54) is 212 Å². The Morgan fingerprint density at radius 2 is 0.735 bits per heavy atom. The highest BCUT2D eigenvalue weighted by atomic mass is 16.5. The van der Waals surface area contributed by atoms with Crippen LogP contribution in [0.1, 0.15) is 309 Å². The maximum Gasteiger partial charge on any atom is 0.305 e. The summed E-state index contributed by atoms with van der Waals surface area (Å²) < 4.78 is 5.47. The molecule has 0 fully saturated rings. The molecule has 0 saturated carbocycles. The minimum absolute atomic E-state index is 0.0117. The van der Waals surface area contributed by atoms with E-state index in [0.29, 0.717) is 19.4 Å². The van der Waals surface area contributed by atoms with E-state index in [2.05, 4.69) is 55.6 Å². The smallest absolute Gasteiger partial charge is 0.305 e. The summed E-state index contributed by atoms with van der Waals surface area (Å²) in [5, 5.41) is 23.1. The van der Waals surface area contributed by atoms with Gasteiger partial charge in [-0.1, -0.05) is 255 Å². The van der Waals surface area contributed by atoms with Crippen molar-refractivity contribution in [2.45, 2.75) is 321 Å². The lowest BCUT2D eigenvalue weighted by Gasteiger charge is -2.20. The van der Waals surface area contributed by atoms with Gasteiger partial charge in [0, 0.05) is 12.8 Å². The maximum absolute atomic E-state index is 12.5. The topological polar surface area (TPSA) is 95.9 Å². The molecule has 0 aromatic carbocycles. The zero-order valence-electron chi connectivity index (χ0n) is 45.3. The van der Waals surface area contributed by atoms with Gasteiger partial charge in [0.1, 0.15) is 0 Å². The third-order valence-electron chi connectivity index (χ3n) is 13.6. The molecule has 3 N–H and O–H groups in total. The van der Waals surface area contributed by atoms with Crippen LogP contribution >= 0.6 is 0 Å². The van der Waals surface area contributed by atoms with Gasteiger partial charge < -0.3 is 20.3 Å². The van der Waals surface area contributed by atoms with Crippen LogP contribution < -0.4 is 5.32 Å². The van der Waals surface area contributed by atoms with Gasteiger partial charge in [0.2, 0.25) is 5.91 Å². The quantitative estimate of drug-likeness (QED) is 0.0321. The van der Waals surface area contributed by atoms with E-state index in [1.807, 2.05) is 6.08 Å². The molecule has 0 bridgehead atoms. The van der Waals surface area contributed by atoms with Crippen molar-refractivity contribution < 1.29 is 24.5 Å². The van der Waals surface area contributed by atoms with Crippen molar-refractivity contribution >= 4 is 11.9 Å². The minimum Gasteiger partial charge on any atom is -0.466 e. The predicted molar refractivity (Wildman–Crippen MR) is 296 cm³/mol. The number of esters is 1. The van der Waals surface area contributed by atoms with E-state index in [4.69, 9.17) is 4.74 Å². The number of allylic oxidation sites excluding steroid dienone is 7. The summed E-state index contributed by atoms with van der Waals surface area (Å²) in [4.78, 5) is 24.5. The molecule has 0 aromatic heterocycles. The molecule has 0 aliphatic carbocycles. The third kappa shape index (κ3) is 53.2. The van der Waals surface area contributed by atoms with Crippen LogP contribution in [0.2, 0.25) is 0 Å². The van der Waals surface area contributed by atoms with E-state index in [1.54, 1.807) is 6.08 Å². The summed E-state index contributed by atoms with van der Waals surface area (Å²) in [6, 6.07) is -0.639. The normalized spacial score (nSPS) is 12.9. The molecule has 6 nitrogen and oxygen atoms in total. The van der Waals surface area contributed by atoms with Gasteiger partial charge in [-0.25, -0.2) is 0 Å². The monoisotopic (exact) mass is 954 g/mol. The molecule has 0 aliphatic heterocycles. The number of carbonyl (C=O) groups is 2. The van der Waals surface area contributed by atoms with Gasteiger partial charge in [0.25, 0.3) is 0 Å². The molecule has 1 amide bonds. The van der Waals surface area contributed by atoms with Crippen molar-refractivity contribution in [3.8, 4) is 0 Å². The molecule has 68 heavy (non-hydrogen) atoms. The van der Waals surface area contributed by atoms with E-state index in [0.717, 1.165) is 70.6 Å². The number of hydrogen-bond acceptors (Lipinski definition) is 5. The van der Waals surface area contributed by atoms with Crippen LogP contribution in [0.5, 0.6) is 0 Å². The van der Waals surface area contributed by atoms with Crippen LogP contribution in [0.4, 0.5) is 0 Å². The van der Waals surface area contributed by atoms with E-state index in [-0.39, 0.29) is 18.5 Å². The fourth-order valence-electron chi connectivity index (χ4n) is 8.95. The highest BCUT2D eigenvalue weighted by Crippen LogP contribution is 2.16. The zero-order valence-corrected chi connectivity index (χ0v) is 45.3. The molecule has 0 rings (SSSR count). The summed E-state index contributed by atoms with van der Waals surface area (Å²) in [6.45, 7) is 4.87. The molecule has 0 aromatic rings. The first kappa shape index (κ1) is 65.8. The fraction of sp³-hybridized carbons (Fsp3) is 0.839. The average Bonchev–Trinajstić information content (AvgIpc) is 3.34. The molecule has 2 unspecified atom stereocenters. The van der Waals surface area contributed by atoms with Crippen molar-refractivity contribution in [2.75, 3.05) is 13.2 Å². The number of nitrogens with one attached hydrogen (secondary N) is 1. The number of ether oxygens (including phenoxy) is 1. The second kappa shape index (κ2) is 57.4. The molecular weight excluding hydrogens is 839 g/mol. The van der Waals surface area contributed by atoms with Gasteiger partial charge in [-0.2, -0.15) is 0 Å². The lowest BCUT2D eigenvalue weighted by molar-refractivity contribution is -0.143. The number of hydrogen-bond donors (Lipinski definition) is 3. The molecule has 0 radical (unpaired) electrons. The zero-order chi connectivity index (χ0) is 49.3. The SMILES string of the molecule is CCCCCC/C=C\C/C=C\CCCCCCCC(=O)OCCCCCCCCCCC/C=C\CCCCCCCC(=O)NC(CO)C(O)/C=C/CCCCCCCCCCCCCCCCC. The van der Waals surface area contributed by atoms with Gasteiger partial charge in [0.05, 0.1) is 25.4 Å². The first-order valence-electron chi connectivity index (χ1n) is 29.9. The number of aliphatic hydroxyl groups excluding tert-OH is 2. The van der Waals surface area contributed by atoms with E-state index in [9.17, 15) is 19.8 Å². The summed E-state index contributed by atoms with van der Waals surface area (Å²) in [5.74, 6) is -0.0936. The second-order valence-corrected chi connectivity index (χ2v) is 20.3. The third-order valence-corrected chi connectivity index (χ3v) is 13.6. The van der Waals surface area contributed by atoms with Crippen molar-refractivity contribution in [2.24, 2.45) is 0 Å². The Hall–Kier alpha value is -2.18. The van der Waals surface area contributed by atoms with Gasteiger partial charge in [-0.05, 0) is 89.9 Å². The van der Waals surface area contributed by atoms with Gasteiger partial charge in [0.15, 0.2) is 0 Å². The molecule has 2 atom stereocenters. The minimum atomic E-state index is -0.854. The van der Waals surface area contributed by atoms with Crippen molar-refractivity contribution in [1.82, 2.24) is 5.32 Å². The fourth-order valence-corrected chi connectivity index (χ4v) is 8.95. The van der Waals surface area contributed by atoms with Crippen LogP contribution in [0.3, 0.4) is 0 Å². The molecule has 398 valence electrons. The molecule has 0 heterocycles. The largest absolute Gasteiger partial charge is 0.466 e. The number of rotatable bonds is 55. The first-order valence-corrected chi connectivity index (χ1v) is 29.9. The Bertz CT molecular complexity index is 1150. The molecule has 0 saturated heterocycles. The van der Waals surface area contributed by atoms with Crippen LogP contribution in [-0.2, 0) is 14.3 Å². The molecular formula is C62H115NO5. The van der Waals surface area contributed by atoms with E-state index >= 15 is 0 Å². The second-order valence-electron chi connectivity index (χ2n) is 20.3. The number of unbranched alkanes of at least 4 members (excludes halogenated alkanes) is 38. The number of aliphatic hydroxyl groups is 2. The Balaban J connectivity index is 3.49. The average molecular weight is 955 g/mol. The van der Waals surface area contributed by atoms with Gasteiger partial charge in [-0.3, -0.25) is 9.59 Å². The summed E-state index contributed by atoms with van der Waals surface area (Å²) in [7, 11) is 0. The van der Waals surface area contributed by atoms with Crippen LogP contribution in [0, 0.1) is 0 Å². The van der Waals surface area contributed by atoms with Gasteiger partial charge >= 0.3 is 5.97 Å². The van der Waals surface area contributed by atoms with Crippen LogP contribution in [0.25, 0.3) is 0 Å². The molecule has 0 aliphatic rings. The predicted octanol–water partition coefficient (Wildman–Crippen LogP) is 18.6. The number of amides is 1. The highest BCUT2D eigenvalue weighted by molar-refractivity contribution is 5.76. The molecule has 0 spiro atoms. The Morgan fingerprint density at radius 3 is 1.15 bits per heavy atom. The summed E-state index contributed by atoms with van der Waals surface area (Å²) in [5.41, 5.74) is 0. The van der Waals surface area contributed by atoms with Crippen LogP contribution in [-0.4, -0.2) is 47.4 Å². The molecule has 6 heteroatoms. The number of carbonyl (C=O) groups excluding carboxylic acids is 2. The summed E-state index contributed by atoms with van der Waals surface area (Å²) >= 11 is 0. The highest BCUT2D eigenvalue weighted by Gasteiger charge is 2.18. The Labute approximate surface area is 423 Å². The van der Waals surface area contributed by atoms with Gasteiger partial charge in [-0.15, -0.1) is 0 Å². The summed E-state index contributed by atoms with van der Waals surface area (Å²) in [6.07, 6.45) is 72.7. The lowest BCUT2D eigenvalue weighted by atomic mass is 10.0. The Kier molecular flexibility index (Phi) is 55.6. The van der Waals surface area contributed by atoms with E-state index < -0.39 is 12.1 Å². The lowest BCUT2D eigenvalue weighted by Crippen LogP contribution is -2.45. The standard InChI is InChI=1S/C62H115NO5/c1-3-5-7-9-11-13-15-17-19-23-26-30-34-38-42-46-50-54-60(65)59(58-64)63-61(66)55-51-47-43-39-35-31-27-24-21-22-25-29-33-37-41-45-49-53-57-68-62(67)56-52-48-44-40-36-32-28-20-18-16-14-12-10-8-6-4-2/h14,16,20,24,27-28,50,54,59-60,64-65H,3-13,15,17-19,21-23,25-26,29-49,51-53,55-58H2,1-2H3,(H,63,66)/b16-14-,27-24-,28-20-,54-50+. The van der Waals surface area contributed by atoms with Crippen molar-refractivity contribution in [3.63, 3.8) is 0 Å². The Morgan fingerprint density at radius 1 is 0.412 bits per heavy atom. The maximum atomic E-state index is 12.5. The first-order chi connectivity index (χ1) is 33.5. The van der Waals surface area contributed by atoms with Crippen molar-refractivity contribution in [1.29, 1.82) is 0 Å². The van der Waals surface area contributed by atoms with Crippen molar-refractivity contribution in [3.05, 3.63) is 48.6 Å².